The van der Waals surface area contributed by atoms with Crippen molar-refractivity contribution in [2.24, 2.45) is 15.7 Å². The summed E-state index contributed by atoms with van der Waals surface area (Å²) in [5.41, 5.74) is 8.75. The van der Waals surface area contributed by atoms with Gasteiger partial charge in [0.1, 0.15) is 16.9 Å². The molecule has 16 nitrogen and oxygen atoms in total. The lowest BCUT2D eigenvalue weighted by Gasteiger charge is -2.31. The number of methoxy groups -OCH3 is 1. The molecule has 1 aromatic carbocycles. The molecule has 2 aliphatic heterocycles. The SMILES string of the molecule is C#CC#CC#CC#CC#CC#CC#CC#CC#CC#CC#CC.COc1ccc(Cn2c(=O)n3ncnc3c3c(C)c(CN4CC5CCC(C4)O5)sc32)cc1.N=N/N=N/N(OO)OS.[HH].[HH].[HH].[HH].[HH].[HH].[HH].[HH].[HH].[HH]. The van der Waals surface area contributed by atoms with Crippen molar-refractivity contribution in [2.45, 2.75) is 52.0 Å². The quantitative estimate of drug-likeness (QED) is 0.0407. The van der Waals surface area contributed by atoms with E-state index >= 15 is 0 Å². The van der Waals surface area contributed by atoms with Crippen LogP contribution in [0.5, 0.6) is 5.75 Å². The summed E-state index contributed by atoms with van der Waals surface area (Å²) in [5, 5.41) is 21.1. The first-order valence-electron chi connectivity index (χ1n) is 18.3. The zero-order valence-electron chi connectivity index (χ0n) is 34.2. The van der Waals surface area contributed by atoms with E-state index in [0.717, 1.165) is 54.0 Å². The summed E-state index contributed by atoms with van der Waals surface area (Å²) >= 11 is 4.85. The lowest BCUT2D eigenvalue weighted by Crippen LogP contribution is -2.41. The van der Waals surface area contributed by atoms with Crippen LogP contribution in [-0.4, -0.2) is 67.1 Å². The third-order valence-electron chi connectivity index (χ3n) is 8.26. The van der Waals surface area contributed by atoms with Crippen LogP contribution in [0.15, 0.2) is 51.1 Å². The Balaban J connectivity index is -0.000000192. The highest BCUT2D eigenvalue weighted by Crippen LogP contribution is 2.35. The van der Waals surface area contributed by atoms with Gasteiger partial charge in [0.2, 0.25) is 0 Å². The minimum atomic E-state index is -0.168. The van der Waals surface area contributed by atoms with Crippen LogP contribution in [0.25, 0.3) is 15.9 Å². The average molecular weight is 905 g/mol. The van der Waals surface area contributed by atoms with Crippen LogP contribution in [0.3, 0.4) is 0 Å². The first-order valence-corrected chi connectivity index (χ1v) is 19.5. The van der Waals surface area contributed by atoms with Crippen LogP contribution in [0.4, 0.5) is 0 Å². The predicted molar refractivity (Wildman–Crippen MR) is 262 cm³/mol. The molecule has 0 radical (unpaired) electrons. The maximum Gasteiger partial charge on any atom is 0.352 e. The molecule has 2 saturated heterocycles. The maximum absolute atomic E-state index is 13.3. The summed E-state index contributed by atoms with van der Waals surface area (Å²) in [6.45, 7) is 7.13. The molecule has 0 amide bonds. The van der Waals surface area contributed by atoms with Gasteiger partial charge in [-0.05, 0) is 155 Å². The lowest BCUT2D eigenvalue weighted by molar-refractivity contribution is -0.478. The van der Waals surface area contributed by atoms with E-state index < -0.39 is 0 Å². The molecule has 5 heterocycles. The number of benzene rings is 1. The number of fused-ring (bicyclic) bond motifs is 5. The highest BCUT2D eigenvalue weighted by Gasteiger charge is 2.34. The number of aromatic nitrogens is 4. The van der Waals surface area contributed by atoms with Gasteiger partial charge in [-0.15, -0.1) is 17.8 Å². The van der Waals surface area contributed by atoms with E-state index in [4.69, 9.17) is 26.7 Å². The molecule has 2 atom stereocenters. The number of likely N-dealkylation sites (tertiary alicyclic amines) is 1. The van der Waals surface area contributed by atoms with Crippen molar-refractivity contribution in [1.82, 2.24) is 29.4 Å². The topological polar surface area (TPSA) is 177 Å². The summed E-state index contributed by atoms with van der Waals surface area (Å²) in [5.74, 6) is 52.7. The van der Waals surface area contributed by atoms with Gasteiger partial charge in [0, 0.05) is 85.9 Å². The van der Waals surface area contributed by atoms with Crippen LogP contribution in [0.2, 0.25) is 0 Å². The molecule has 4 aromatic rings. The number of nitrogens with one attached hydrogen (secondary N) is 1. The van der Waals surface area contributed by atoms with Crippen molar-refractivity contribution in [3.63, 3.8) is 0 Å². The zero-order valence-corrected chi connectivity index (χ0v) is 35.9. The Kier molecular flexibility index (Phi) is 20.7. The van der Waals surface area contributed by atoms with E-state index in [9.17, 15) is 4.79 Å². The van der Waals surface area contributed by atoms with Crippen molar-refractivity contribution in [2.75, 3.05) is 20.2 Å². The van der Waals surface area contributed by atoms with Gasteiger partial charge >= 0.3 is 5.69 Å². The van der Waals surface area contributed by atoms with Gasteiger partial charge in [-0.2, -0.15) is 19.4 Å². The molecule has 2 bridgehead atoms. The Morgan fingerprint density at radius 3 is 1.95 bits per heavy atom. The fraction of sp³-hybridized carbons (Fsp3) is 0.239. The second kappa shape index (κ2) is 27.5. The summed E-state index contributed by atoms with van der Waals surface area (Å²) in [6.07, 6.45) is 9.41. The van der Waals surface area contributed by atoms with Gasteiger partial charge in [0.05, 0.1) is 31.2 Å². The van der Waals surface area contributed by atoms with Crippen molar-refractivity contribution in [1.29, 1.82) is 5.53 Å². The summed E-state index contributed by atoms with van der Waals surface area (Å²) in [6, 6.07) is 7.83. The second-order valence-electron chi connectivity index (χ2n) is 12.1. The smallest absolute Gasteiger partial charge is 0.352 e. The summed E-state index contributed by atoms with van der Waals surface area (Å²) in [4.78, 5) is 25.8. The number of nitrogens with zero attached hydrogens (tertiary/aromatic N) is 9. The molecule has 64 heavy (non-hydrogen) atoms. The van der Waals surface area contributed by atoms with Crippen molar-refractivity contribution in [3.05, 3.63) is 57.1 Å². The Morgan fingerprint density at radius 2 is 1.47 bits per heavy atom. The molecular weight excluding hydrogens is 853 g/mol. The van der Waals surface area contributed by atoms with Crippen LogP contribution < -0.4 is 10.4 Å². The molecule has 2 aliphatic rings. The average Bonchev–Trinajstić information content (AvgIpc) is 4.03. The fourth-order valence-corrected chi connectivity index (χ4v) is 7.11. The van der Waals surface area contributed by atoms with Gasteiger partial charge in [-0.25, -0.2) is 15.0 Å². The molecule has 0 saturated carbocycles. The molecule has 0 spiro atoms. The predicted octanol–water partition coefficient (Wildman–Crippen LogP) is 6.75. The van der Waals surface area contributed by atoms with Gasteiger partial charge in [-0.3, -0.25) is 9.47 Å². The number of aryl methyl sites for hydroxylation is 1. The highest BCUT2D eigenvalue weighted by atomic mass is 32.1. The number of hydrogen-bond donors (Lipinski definition) is 3. The zero-order chi connectivity index (χ0) is 45.8. The Morgan fingerprint density at radius 1 is 0.922 bits per heavy atom. The standard InChI is InChI=1S/C23H25N5O3S.C23H4.H3N5O3S.10H2/c1-14-19(12-26-10-17-7-8-18(11-26)31-17)32-22-20(14)21-24-13-25-28(21)23(29)27(22)9-15-3-5-16(30-2)6-4-15;1-3-5-7-9-11-13-15-17-19-21-23-22-20-18-16-14-12-10-8-6-4-2;1-2-3-4-5(7-6)8-9;;;;;;;;;;/h3-6,13,17-18H,7-12H2,1-2H3;1H,2H3;1,6,9H;10*1H/b;;2-1?,4-3+;;;;;;;;;;. The van der Waals surface area contributed by atoms with Crippen molar-refractivity contribution in [3.8, 4) is 137 Å². The lowest BCUT2D eigenvalue weighted by atomic mass is 10.2. The first kappa shape index (κ1) is 48.3. The number of rotatable bonds is 9. The number of terminal acetylenes is 1. The van der Waals surface area contributed by atoms with Crippen LogP contribution in [0, 0.1) is 143 Å². The second-order valence-corrected chi connectivity index (χ2v) is 13.4. The van der Waals surface area contributed by atoms with Gasteiger partial charge in [0.15, 0.2) is 5.65 Å². The van der Waals surface area contributed by atoms with Gasteiger partial charge in [0.25, 0.3) is 0 Å². The molecule has 18 heteroatoms. The van der Waals surface area contributed by atoms with Crippen LogP contribution in [-0.2, 0) is 27.1 Å². The normalized spacial score (nSPS) is 13.3. The number of thiophene rings is 1. The molecule has 334 valence electrons. The Bertz CT molecular complexity index is 3170. The van der Waals surface area contributed by atoms with Gasteiger partial charge in [-0.1, -0.05) is 23.0 Å². The number of thiol groups is 1. The maximum atomic E-state index is 13.3. The molecule has 2 fully saturated rings. The minimum Gasteiger partial charge on any atom is -0.497 e. The summed E-state index contributed by atoms with van der Waals surface area (Å²) < 4.78 is 18.4. The van der Waals surface area contributed by atoms with E-state index in [0.29, 0.717) is 24.4 Å². The van der Waals surface area contributed by atoms with Crippen molar-refractivity contribution < 1.29 is 38.3 Å². The van der Waals surface area contributed by atoms with Crippen LogP contribution >= 0.6 is 24.2 Å². The third-order valence-corrected chi connectivity index (χ3v) is 9.70. The highest BCUT2D eigenvalue weighted by molar-refractivity contribution is 7.75. The first-order chi connectivity index (χ1) is 31.4. The van der Waals surface area contributed by atoms with Gasteiger partial charge < -0.3 is 9.47 Å². The van der Waals surface area contributed by atoms with Crippen LogP contribution in [0.1, 0.15) is 50.0 Å². The number of morpholine rings is 1. The minimum absolute atomic E-state index is 0. The van der Waals surface area contributed by atoms with E-state index in [-0.39, 0.29) is 25.3 Å². The number of ether oxygens (including phenoxy) is 2. The third kappa shape index (κ3) is 15.3. The Labute approximate surface area is 393 Å². The van der Waals surface area contributed by atoms with Crippen molar-refractivity contribution >= 4 is 40.1 Å². The Hall–Kier alpha value is -8.36. The molecule has 6 rings (SSSR count). The van der Waals surface area contributed by atoms with E-state index in [1.165, 1.54) is 21.3 Å². The molecule has 2 N–H and O–H groups in total. The molecule has 3 aromatic heterocycles. The van der Waals surface area contributed by atoms with E-state index in [1.54, 1.807) is 25.4 Å². The van der Waals surface area contributed by atoms with E-state index in [2.05, 4.69) is 184 Å². The monoisotopic (exact) mass is 904 g/mol. The fourth-order valence-electron chi connectivity index (χ4n) is 5.72. The van der Waals surface area contributed by atoms with E-state index in [1.807, 2.05) is 28.8 Å². The largest absolute Gasteiger partial charge is 0.497 e. The molecular formula is C46H52N10O6S2. The molecule has 2 unspecified atom stereocenters. The molecule has 0 aliphatic carbocycles. The summed E-state index contributed by atoms with van der Waals surface area (Å²) in [7, 11) is 1.65. The number of hydrogen-bond acceptors (Lipinski definition) is 13.